The maximum Gasteiger partial charge on any atom is 0.149 e. The van der Waals surface area contributed by atoms with E-state index in [9.17, 15) is 0 Å². The van der Waals surface area contributed by atoms with Crippen molar-refractivity contribution in [2.45, 2.75) is 12.8 Å². The summed E-state index contributed by atoms with van der Waals surface area (Å²) in [5.41, 5.74) is 4.82. The van der Waals surface area contributed by atoms with E-state index < -0.39 is 0 Å². The zero-order valence-corrected chi connectivity index (χ0v) is 12.6. The lowest BCUT2D eigenvalue weighted by Gasteiger charge is -2.20. The van der Waals surface area contributed by atoms with Crippen LogP contribution in [0.5, 0.6) is 5.75 Å². The molecule has 0 bridgehead atoms. The molecule has 0 aliphatic carbocycles. The van der Waals surface area contributed by atoms with Gasteiger partial charge in [0.15, 0.2) is 0 Å². The van der Waals surface area contributed by atoms with Crippen LogP contribution in [0.15, 0.2) is 78.9 Å². The van der Waals surface area contributed by atoms with Crippen LogP contribution in [-0.4, -0.2) is 0 Å². The molecule has 2 N–H and O–H groups in total. The highest BCUT2D eigenvalue weighted by Gasteiger charge is 2.17. The van der Waals surface area contributed by atoms with Crippen LogP contribution in [0.2, 0.25) is 0 Å². The highest BCUT2D eigenvalue weighted by atomic mass is 16.6. The molecule has 2 heteroatoms. The van der Waals surface area contributed by atoms with Crippen LogP contribution >= 0.6 is 0 Å². The van der Waals surface area contributed by atoms with Gasteiger partial charge < -0.3 is 4.84 Å². The molecule has 0 unspecified atom stereocenters. The van der Waals surface area contributed by atoms with E-state index in [4.69, 9.17) is 10.7 Å². The van der Waals surface area contributed by atoms with Crippen molar-refractivity contribution >= 4 is 0 Å². The molecule has 3 aromatic rings. The first kappa shape index (κ1) is 14.4. The molecule has 2 nitrogen and oxygen atoms in total. The Hall–Kier alpha value is -2.58. The summed E-state index contributed by atoms with van der Waals surface area (Å²) in [6.07, 6.45) is 0. The van der Waals surface area contributed by atoms with E-state index in [1.165, 1.54) is 16.7 Å². The quantitative estimate of drug-likeness (QED) is 0.569. The van der Waals surface area contributed by atoms with Crippen molar-refractivity contribution in [3.63, 3.8) is 0 Å². The van der Waals surface area contributed by atoms with E-state index in [1.54, 1.807) is 0 Å². The second-order valence-electron chi connectivity index (χ2n) is 5.40. The lowest BCUT2D eigenvalue weighted by molar-refractivity contribution is 0.332. The molecule has 0 fully saturated rings. The minimum Gasteiger partial charge on any atom is -0.411 e. The monoisotopic (exact) mass is 289 g/mol. The molecule has 0 heterocycles. The van der Waals surface area contributed by atoms with Crippen LogP contribution in [0.4, 0.5) is 0 Å². The average Bonchev–Trinajstić information content (AvgIpc) is 2.57. The molecule has 0 saturated heterocycles. The molecule has 0 radical (unpaired) electrons. The fourth-order valence-corrected chi connectivity index (χ4v) is 2.85. The summed E-state index contributed by atoms with van der Waals surface area (Å²) in [6.45, 7) is 2.01. The van der Waals surface area contributed by atoms with Crippen LogP contribution in [-0.2, 0) is 0 Å². The topological polar surface area (TPSA) is 35.2 Å². The summed E-state index contributed by atoms with van der Waals surface area (Å²) in [5.74, 6) is 6.21. The van der Waals surface area contributed by atoms with Gasteiger partial charge in [0, 0.05) is 5.92 Å². The largest absolute Gasteiger partial charge is 0.411 e. The van der Waals surface area contributed by atoms with Gasteiger partial charge in [0.25, 0.3) is 0 Å². The van der Waals surface area contributed by atoms with E-state index in [0.717, 1.165) is 5.56 Å². The van der Waals surface area contributed by atoms with Crippen LogP contribution < -0.4 is 10.7 Å². The summed E-state index contributed by atoms with van der Waals surface area (Å²) >= 11 is 0. The normalized spacial score (nSPS) is 10.7. The minimum atomic E-state index is 0.202. The highest BCUT2D eigenvalue weighted by Crippen LogP contribution is 2.33. The van der Waals surface area contributed by atoms with E-state index >= 15 is 0 Å². The third kappa shape index (κ3) is 2.87. The lowest BCUT2D eigenvalue weighted by atomic mass is 9.84. The number of nitrogens with two attached hydrogens (primary N) is 1. The summed E-state index contributed by atoms with van der Waals surface area (Å²) in [5, 5.41) is 0. The van der Waals surface area contributed by atoms with Crippen molar-refractivity contribution in [1.29, 1.82) is 0 Å². The van der Waals surface area contributed by atoms with Crippen molar-refractivity contribution in [2.24, 2.45) is 5.90 Å². The van der Waals surface area contributed by atoms with Gasteiger partial charge in [0.05, 0.1) is 0 Å². The first-order valence-electron chi connectivity index (χ1n) is 7.37. The Morgan fingerprint density at radius 3 is 1.73 bits per heavy atom. The SMILES string of the molecule is Cc1cc(C(c2ccccc2)c2ccccc2)ccc1ON. The van der Waals surface area contributed by atoms with E-state index in [1.807, 2.05) is 25.1 Å². The van der Waals surface area contributed by atoms with Crippen molar-refractivity contribution in [1.82, 2.24) is 0 Å². The maximum atomic E-state index is 5.30. The van der Waals surface area contributed by atoms with Crippen LogP contribution in [0.3, 0.4) is 0 Å². The third-order valence-corrected chi connectivity index (χ3v) is 3.93. The van der Waals surface area contributed by atoms with E-state index in [-0.39, 0.29) is 5.92 Å². The zero-order valence-electron chi connectivity index (χ0n) is 12.6. The molecular formula is C20H19NO. The Morgan fingerprint density at radius 2 is 1.27 bits per heavy atom. The van der Waals surface area contributed by atoms with Crippen molar-refractivity contribution in [3.05, 3.63) is 101 Å². The van der Waals surface area contributed by atoms with Gasteiger partial charge in [-0.2, -0.15) is 5.90 Å². The second kappa shape index (κ2) is 6.46. The average molecular weight is 289 g/mol. The molecule has 0 saturated carbocycles. The molecular weight excluding hydrogens is 270 g/mol. The van der Waals surface area contributed by atoms with Crippen LogP contribution in [0.25, 0.3) is 0 Å². The minimum absolute atomic E-state index is 0.202. The molecule has 3 aromatic carbocycles. The zero-order chi connectivity index (χ0) is 15.4. The number of rotatable bonds is 4. The van der Waals surface area contributed by atoms with Crippen molar-refractivity contribution < 1.29 is 4.84 Å². The van der Waals surface area contributed by atoms with Gasteiger partial charge in [-0.15, -0.1) is 0 Å². The molecule has 110 valence electrons. The molecule has 0 atom stereocenters. The van der Waals surface area contributed by atoms with E-state index in [0.29, 0.717) is 5.75 Å². The summed E-state index contributed by atoms with van der Waals surface area (Å²) in [4.78, 5) is 4.89. The fourth-order valence-electron chi connectivity index (χ4n) is 2.85. The molecule has 3 rings (SSSR count). The predicted molar refractivity (Wildman–Crippen MR) is 89.8 cm³/mol. The Morgan fingerprint density at radius 1 is 0.727 bits per heavy atom. The van der Waals surface area contributed by atoms with Crippen molar-refractivity contribution in [3.8, 4) is 5.75 Å². The van der Waals surface area contributed by atoms with Crippen LogP contribution in [0.1, 0.15) is 28.2 Å². The summed E-state index contributed by atoms with van der Waals surface area (Å²) in [6, 6.07) is 27.2. The highest BCUT2D eigenvalue weighted by molar-refractivity contribution is 5.46. The Balaban J connectivity index is 2.12. The molecule has 0 spiro atoms. The molecule has 0 amide bonds. The van der Waals surface area contributed by atoms with Crippen LogP contribution in [0, 0.1) is 6.92 Å². The van der Waals surface area contributed by atoms with E-state index in [2.05, 4.69) is 60.7 Å². The van der Waals surface area contributed by atoms with Crippen molar-refractivity contribution in [2.75, 3.05) is 0 Å². The number of hydrogen-bond donors (Lipinski definition) is 1. The molecule has 22 heavy (non-hydrogen) atoms. The lowest BCUT2D eigenvalue weighted by Crippen LogP contribution is -2.06. The first-order valence-corrected chi connectivity index (χ1v) is 7.37. The Bertz CT molecular complexity index is 699. The van der Waals surface area contributed by atoms with Gasteiger partial charge >= 0.3 is 0 Å². The van der Waals surface area contributed by atoms with Gasteiger partial charge in [0.1, 0.15) is 5.75 Å². The number of hydrogen-bond acceptors (Lipinski definition) is 2. The second-order valence-corrected chi connectivity index (χ2v) is 5.40. The standard InChI is InChI=1S/C20H19NO/c1-15-14-18(12-13-19(15)22-21)20(16-8-4-2-5-9-16)17-10-6-3-7-11-17/h2-14,20H,21H2,1H3. The van der Waals surface area contributed by atoms with Gasteiger partial charge in [-0.3, -0.25) is 0 Å². The number of benzene rings is 3. The van der Waals surface area contributed by atoms with Gasteiger partial charge in [-0.25, -0.2) is 0 Å². The Labute approximate surface area is 131 Å². The number of aryl methyl sites for hydroxylation is 1. The fraction of sp³-hybridized carbons (Fsp3) is 0.100. The molecule has 0 aliphatic heterocycles. The first-order chi connectivity index (χ1) is 10.8. The predicted octanol–water partition coefficient (Wildman–Crippen LogP) is 4.43. The van der Waals surface area contributed by atoms with Gasteiger partial charge in [-0.05, 0) is 35.2 Å². The maximum absolute atomic E-state index is 5.30. The smallest absolute Gasteiger partial charge is 0.149 e. The summed E-state index contributed by atoms with van der Waals surface area (Å²) < 4.78 is 0. The summed E-state index contributed by atoms with van der Waals surface area (Å²) in [7, 11) is 0. The third-order valence-electron chi connectivity index (χ3n) is 3.93. The molecule has 0 aromatic heterocycles. The Kier molecular flexibility index (Phi) is 4.22. The molecule has 0 aliphatic rings. The van der Waals surface area contributed by atoms with Gasteiger partial charge in [-0.1, -0.05) is 72.8 Å². The van der Waals surface area contributed by atoms with Gasteiger partial charge in [0.2, 0.25) is 0 Å².